The molecule has 0 bridgehead atoms. The van der Waals surface area contributed by atoms with Gasteiger partial charge < -0.3 is 0 Å². The number of rotatable bonds is 0. The van der Waals surface area contributed by atoms with Crippen LogP contribution in [0.4, 0.5) is 0 Å². The van der Waals surface area contributed by atoms with E-state index in [-0.39, 0.29) is 0 Å². The smallest absolute Gasteiger partial charge is 0.0565 e. The lowest BCUT2D eigenvalue weighted by atomic mass is 10.1. The minimum absolute atomic E-state index is 1.09. The molecule has 1 aliphatic carbocycles. The number of nitrogens with zero attached hydrogens (tertiary/aromatic N) is 2. The first kappa shape index (κ1) is 9.21. The van der Waals surface area contributed by atoms with E-state index in [1.165, 1.54) is 5.56 Å². The normalized spacial score (nSPS) is 11.1. The molecular formula is C9H8Br2N2. The Bertz CT molecular complexity index is 434. The topological polar surface area (TPSA) is 17.8 Å². The molecule has 0 N–H and O–H groups in total. The van der Waals surface area contributed by atoms with Gasteiger partial charge in [0.05, 0.1) is 6.20 Å². The summed E-state index contributed by atoms with van der Waals surface area (Å²) in [6.45, 7) is 2.06. The summed E-state index contributed by atoms with van der Waals surface area (Å²) in [4.78, 5) is 0. The van der Waals surface area contributed by atoms with Gasteiger partial charge in [-0.05, 0) is 13.0 Å². The van der Waals surface area contributed by atoms with Gasteiger partial charge in [-0.1, -0.05) is 31.9 Å². The number of aromatic nitrogens is 2. The molecule has 0 radical (unpaired) electrons. The highest BCUT2D eigenvalue weighted by atomic mass is 79.9. The molecule has 4 heteroatoms. The van der Waals surface area contributed by atoms with Crippen LogP contribution in [0, 0.1) is 6.92 Å². The molecule has 2 aliphatic rings. The molecule has 1 aliphatic heterocycles. The van der Waals surface area contributed by atoms with Crippen molar-refractivity contribution in [2.45, 2.75) is 6.92 Å². The van der Waals surface area contributed by atoms with Crippen LogP contribution in [0.3, 0.4) is 0 Å². The number of hydrogen-bond donors (Lipinski definition) is 0. The highest BCUT2D eigenvalue weighted by Crippen LogP contribution is 2.40. The Hall–Kier alpha value is -0.350. The molecule has 2 nitrogen and oxygen atoms in total. The van der Waals surface area contributed by atoms with Crippen LogP contribution in [0.1, 0.15) is 5.69 Å². The van der Waals surface area contributed by atoms with Crippen LogP contribution in [-0.4, -0.2) is 9.78 Å². The van der Waals surface area contributed by atoms with Gasteiger partial charge >= 0.3 is 0 Å². The highest BCUT2D eigenvalue weighted by molar-refractivity contribution is 9.11. The van der Waals surface area contributed by atoms with E-state index in [4.69, 9.17) is 0 Å². The number of halogens is 2. The maximum Gasteiger partial charge on any atom is 0.0565 e. The summed E-state index contributed by atoms with van der Waals surface area (Å²) in [6.07, 6.45) is 1.87. The zero-order valence-electron chi connectivity index (χ0n) is 7.31. The zero-order valence-corrected chi connectivity index (χ0v) is 10.5. The number of fused-ring (bicyclic) bond motifs is 1. The van der Waals surface area contributed by atoms with E-state index in [9.17, 15) is 0 Å². The summed E-state index contributed by atoms with van der Waals surface area (Å²) in [7, 11) is 1.95. The molecule has 68 valence electrons. The van der Waals surface area contributed by atoms with E-state index < -0.39 is 0 Å². The summed E-state index contributed by atoms with van der Waals surface area (Å²) >= 11 is 7.03. The summed E-state index contributed by atoms with van der Waals surface area (Å²) in [5.74, 6) is 0. The second-order valence-electron chi connectivity index (χ2n) is 2.98. The van der Waals surface area contributed by atoms with E-state index in [1.54, 1.807) is 0 Å². The number of hydrogen-bond acceptors (Lipinski definition) is 1. The van der Waals surface area contributed by atoms with Crippen LogP contribution in [-0.2, 0) is 7.05 Å². The van der Waals surface area contributed by atoms with E-state index in [2.05, 4.69) is 49.9 Å². The molecule has 2 rings (SSSR count). The first-order chi connectivity index (χ1) is 6.11. The fourth-order valence-corrected chi connectivity index (χ4v) is 2.96. The molecule has 0 aromatic rings. The Kier molecular flexibility index (Phi) is 2.20. The third-order valence-electron chi connectivity index (χ3n) is 2.23. The fraction of sp³-hybridized carbons (Fsp3) is 0.222. The number of aryl methyl sites for hydroxylation is 1. The fourth-order valence-electron chi connectivity index (χ4n) is 1.40. The largest absolute Gasteiger partial charge is 0.272 e. The standard InChI is InChI=1S/C9H8Br2N2/c1-5-9-6(4-12-13(5)2)7(10)3-8(9)11/h3-4H,1-2H3. The molecule has 0 saturated carbocycles. The SMILES string of the molecule is Cc1c2c(Br)cc(Br)c-2cnn1C. The van der Waals surface area contributed by atoms with Crippen molar-refractivity contribution >= 4 is 31.9 Å². The molecule has 0 fully saturated rings. The summed E-state index contributed by atoms with van der Waals surface area (Å²) in [5.41, 5.74) is 3.54. The van der Waals surface area contributed by atoms with Crippen LogP contribution >= 0.6 is 31.9 Å². The second-order valence-corrected chi connectivity index (χ2v) is 4.69. The Balaban J connectivity index is 2.87. The van der Waals surface area contributed by atoms with Crippen LogP contribution < -0.4 is 0 Å². The molecule has 0 amide bonds. The van der Waals surface area contributed by atoms with Crippen molar-refractivity contribution in [3.8, 4) is 11.1 Å². The summed E-state index contributed by atoms with van der Waals surface area (Å²) in [6, 6.07) is 2.05. The molecular weight excluding hydrogens is 296 g/mol. The monoisotopic (exact) mass is 302 g/mol. The van der Waals surface area contributed by atoms with Crippen LogP contribution in [0.15, 0.2) is 21.2 Å². The van der Waals surface area contributed by atoms with Gasteiger partial charge in [0.2, 0.25) is 0 Å². The van der Waals surface area contributed by atoms with Crippen molar-refractivity contribution < 1.29 is 0 Å². The predicted octanol–water partition coefficient (Wildman–Crippen LogP) is 3.36. The first-order valence-electron chi connectivity index (χ1n) is 3.87. The van der Waals surface area contributed by atoms with Crippen LogP contribution in [0.25, 0.3) is 11.1 Å². The van der Waals surface area contributed by atoms with Gasteiger partial charge in [0.15, 0.2) is 0 Å². The van der Waals surface area contributed by atoms with Crippen molar-refractivity contribution in [1.82, 2.24) is 9.78 Å². The average Bonchev–Trinajstić information content (AvgIpc) is 2.35. The molecule has 0 aromatic carbocycles. The molecule has 1 heterocycles. The Morgan fingerprint density at radius 3 is 2.69 bits per heavy atom. The van der Waals surface area contributed by atoms with Gasteiger partial charge in [0.25, 0.3) is 0 Å². The van der Waals surface area contributed by atoms with E-state index in [1.807, 2.05) is 17.9 Å². The maximum atomic E-state index is 4.25. The van der Waals surface area contributed by atoms with Gasteiger partial charge in [0, 0.05) is 32.8 Å². The molecule has 0 aromatic heterocycles. The van der Waals surface area contributed by atoms with Crippen LogP contribution in [0.5, 0.6) is 0 Å². The highest BCUT2D eigenvalue weighted by Gasteiger charge is 2.16. The summed E-state index contributed by atoms with van der Waals surface area (Å²) < 4.78 is 4.08. The predicted molar refractivity (Wildman–Crippen MR) is 60.0 cm³/mol. The molecule has 0 saturated heterocycles. The van der Waals surface area contributed by atoms with Gasteiger partial charge in [-0.15, -0.1) is 0 Å². The molecule has 0 atom stereocenters. The van der Waals surface area contributed by atoms with E-state index in [0.717, 1.165) is 20.2 Å². The van der Waals surface area contributed by atoms with Gasteiger partial charge in [-0.2, -0.15) is 5.10 Å². The quantitative estimate of drug-likeness (QED) is 0.730. The van der Waals surface area contributed by atoms with Gasteiger partial charge in [0.1, 0.15) is 0 Å². The minimum atomic E-state index is 1.09. The maximum absolute atomic E-state index is 4.25. The van der Waals surface area contributed by atoms with Crippen LogP contribution in [0.2, 0.25) is 0 Å². The van der Waals surface area contributed by atoms with Crippen molar-refractivity contribution in [3.63, 3.8) is 0 Å². The minimum Gasteiger partial charge on any atom is -0.272 e. The second kappa shape index (κ2) is 3.10. The Morgan fingerprint density at radius 2 is 2.00 bits per heavy atom. The van der Waals surface area contributed by atoms with E-state index >= 15 is 0 Å². The zero-order chi connectivity index (χ0) is 9.59. The van der Waals surface area contributed by atoms with Gasteiger partial charge in [-0.25, -0.2) is 0 Å². The first-order valence-corrected chi connectivity index (χ1v) is 5.46. The van der Waals surface area contributed by atoms with Crippen molar-refractivity contribution in [3.05, 3.63) is 26.9 Å². The Morgan fingerprint density at radius 1 is 1.31 bits per heavy atom. The third-order valence-corrected chi connectivity index (χ3v) is 3.51. The van der Waals surface area contributed by atoms with Crippen molar-refractivity contribution in [2.24, 2.45) is 7.05 Å². The van der Waals surface area contributed by atoms with Crippen molar-refractivity contribution in [1.29, 1.82) is 0 Å². The Labute approximate surface area is 93.5 Å². The van der Waals surface area contributed by atoms with Gasteiger partial charge in [-0.3, -0.25) is 4.68 Å². The molecule has 13 heavy (non-hydrogen) atoms. The lowest BCUT2D eigenvalue weighted by molar-refractivity contribution is 0.710. The van der Waals surface area contributed by atoms with Crippen molar-refractivity contribution in [2.75, 3.05) is 0 Å². The average molecular weight is 304 g/mol. The lowest BCUT2D eigenvalue weighted by Gasteiger charge is -2.09. The lowest BCUT2D eigenvalue weighted by Crippen LogP contribution is -2.03. The summed E-state index contributed by atoms with van der Waals surface area (Å²) in [5, 5.41) is 4.25. The molecule has 0 spiro atoms. The van der Waals surface area contributed by atoms with E-state index in [0.29, 0.717) is 0 Å². The molecule has 0 unspecified atom stereocenters. The third kappa shape index (κ3) is 1.32.